The maximum atomic E-state index is 2.34. The third-order valence-electron chi connectivity index (χ3n) is 3.22. The van der Waals surface area contributed by atoms with E-state index in [9.17, 15) is 0 Å². The van der Waals surface area contributed by atoms with Crippen LogP contribution in [0.15, 0.2) is 0 Å². The Morgan fingerprint density at radius 2 is 2.00 bits per heavy atom. The van der Waals surface area contributed by atoms with Crippen LogP contribution >= 0.6 is 0 Å². The molecule has 1 aliphatic carbocycles. The minimum absolute atomic E-state index is 0.988. The second-order valence-corrected chi connectivity index (χ2v) is 4.10. The highest BCUT2D eigenvalue weighted by Crippen LogP contribution is 2.35. The van der Waals surface area contributed by atoms with E-state index in [1.165, 1.54) is 51.4 Å². The van der Waals surface area contributed by atoms with Crippen LogP contribution in [-0.2, 0) is 0 Å². The van der Waals surface area contributed by atoms with Gasteiger partial charge in [-0.2, -0.15) is 0 Å². The molecule has 1 fully saturated rings. The Hall–Kier alpha value is 0. The molecule has 0 aromatic heterocycles. The second kappa shape index (κ2) is 5.61. The molecule has 0 heterocycles. The highest BCUT2D eigenvalue weighted by atomic mass is 14.3. The summed E-state index contributed by atoms with van der Waals surface area (Å²) in [5.41, 5.74) is 0. The molecule has 0 aliphatic heterocycles. The highest BCUT2D eigenvalue weighted by Gasteiger charge is 2.21. The molecule has 0 bridgehead atoms. The van der Waals surface area contributed by atoms with E-state index in [-0.39, 0.29) is 0 Å². The maximum Gasteiger partial charge on any atom is -0.0213 e. The van der Waals surface area contributed by atoms with E-state index >= 15 is 0 Å². The highest BCUT2D eigenvalue weighted by molar-refractivity contribution is 4.96. The Bertz CT molecular complexity index is 107. The summed E-state index contributed by atoms with van der Waals surface area (Å²) >= 11 is 0. The third kappa shape index (κ3) is 2.80. The van der Waals surface area contributed by atoms with E-state index in [1.54, 1.807) is 0 Å². The first-order valence-electron chi connectivity index (χ1n) is 5.73. The Morgan fingerprint density at radius 1 is 1.17 bits per heavy atom. The lowest BCUT2D eigenvalue weighted by Gasteiger charge is -2.22. The van der Waals surface area contributed by atoms with Crippen molar-refractivity contribution in [2.24, 2.45) is 5.92 Å². The first-order valence-corrected chi connectivity index (χ1v) is 5.73. The quantitative estimate of drug-likeness (QED) is 0.548. The Morgan fingerprint density at radius 3 is 2.67 bits per heavy atom. The second-order valence-electron chi connectivity index (χ2n) is 4.10. The van der Waals surface area contributed by atoms with Crippen LogP contribution in [0.3, 0.4) is 0 Å². The van der Waals surface area contributed by atoms with Gasteiger partial charge in [-0.25, -0.2) is 0 Å². The van der Waals surface area contributed by atoms with E-state index < -0.39 is 0 Å². The van der Waals surface area contributed by atoms with E-state index in [2.05, 4.69) is 13.8 Å². The first-order chi connectivity index (χ1) is 5.88. The van der Waals surface area contributed by atoms with Gasteiger partial charge >= 0.3 is 0 Å². The van der Waals surface area contributed by atoms with Crippen molar-refractivity contribution in [1.29, 1.82) is 0 Å². The van der Waals surface area contributed by atoms with Gasteiger partial charge in [0.05, 0.1) is 0 Å². The van der Waals surface area contributed by atoms with Crippen molar-refractivity contribution >= 4 is 0 Å². The smallest absolute Gasteiger partial charge is 0.0213 e. The van der Waals surface area contributed by atoms with E-state index in [1.807, 2.05) is 5.92 Å². The fourth-order valence-corrected chi connectivity index (χ4v) is 2.49. The molecule has 0 nitrogen and oxygen atoms in total. The molecule has 71 valence electrons. The standard InChI is InChI=1S/C12H23/c1-3-8-12-10-7-5-6-9-11(12)4-2/h12H,3-10H2,1-2H3. The van der Waals surface area contributed by atoms with Crippen LogP contribution in [0.25, 0.3) is 0 Å². The molecule has 12 heavy (non-hydrogen) atoms. The van der Waals surface area contributed by atoms with Crippen molar-refractivity contribution in [2.75, 3.05) is 0 Å². The van der Waals surface area contributed by atoms with Crippen molar-refractivity contribution in [1.82, 2.24) is 0 Å². The maximum absolute atomic E-state index is 2.34. The number of hydrogen-bond acceptors (Lipinski definition) is 0. The lowest BCUT2D eigenvalue weighted by atomic mass is 9.83. The van der Waals surface area contributed by atoms with E-state index in [0.29, 0.717) is 0 Å². The lowest BCUT2D eigenvalue weighted by molar-refractivity contribution is 0.439. The summed E-state index contributed by atoms with van der Waals surface area (Å²) in [7, 11) is 0. The van der Waals surface area contributed by atoms with Gasteiger partial charge in [0.1, 0.15) is 0 Å². The fraction of sp³-hybridized carbons (Fsp3) is 0.917. The molecule has 1 radical (unpaired) electrons. The number of hydrogen-bond donors (Lipinski definition) is 0. The Balaban J connectivity index is 2.39. The Labute approximate surface area is 77.7 Å². The van der Waals surface area contributed by atoms with Gasteiger partial charge in [-0.1, -0.05) is 46.0 Å². The SMILES string of the molecule is CCCC1CCCCC[C]1CC. The van der Waals surface area contributed by atoms with Gasteiger partial charge in [0.15, 0.2) is 0 Å². The van der Waals surface area contributed by atoms with Gasteiger partial charge in [-0.3, -0.25) is 0 Å². The molecule has 0 N–H and O–H groups in total. The molecule has 1 saturated carbocycles. The zero-order valence-electron chi connectivity index (χ0n) is 8.73. The van der Waals surface area contributed by atoms with Gasteiger partial charge in [0.25, 0.3) is 0 Å². The van der Waals surface area contributed by atoms with Gasteiger partial charge in [-0.15, -0.1) is 0 Å². The summed E-state index contributed by atoms with van der Waals surface area (Å²) in [5.74, 6) is 2.86. The molecule has 1 rings (SSSR count). The molecular formula is C12H23. The van der Waals surface area contributed by atoms with Gasteiger partial charge in [0, 0.05) is 0 Å². The predicted molar refractivity (Wildman–Crippen MR) is 55.0 cm³/mol. The van der Waals surface area contributed by atoms with Crippen molar-refractivity contribution in [3.8, 4) is 0 Å². The molecule has 1 aliphatic rings. The Kier molecular flexibility index (Phi) is 4.72. The first kappa shape index (κ1) is 10.1. The molecule has 0 heteroatoms. The average Bonchev–Trinajstić information content (AvgIpc) is 2.30. The summed E-state index contributed by atoms with van der Waals surface area (Å²) in [6.07, 6.45) is 11.5. The van der Waals surface area contributed by atoms with Crippen LogP contribution in [0.4, 0.5) is 0 Å². The van der Waals surface area contributed by atoms with Crippen LogP contribution in [0.5, 0.6) is 0 Å². The summed E-state index contributed by atoms with van der Waals surface area (Å²) in [4.78, 5) is 0. The predicted octanol–water partition coefficient (Wildman–Crippen LogP) is 4.35. The molecule has 0 aromatic carbocycles. The van der Waals surface area contributed by atoms with Crippen molar-refractivity contribution in [2.45, 2.75) is 65.2 Å². The van der Waals surface area contributed by atoms with Crippen LogP contribution < -0.4 is 0 Å². The van der Waals surface area contributed by atoms with Crippen LogP contribution in [0.1, 0.15) is 65.2 Å². The molecule has 0 amide bonds. The van der Waals surface area contributed by atoms with Crippen molar-refractivity contribution in [3.63, 3.8) is 0 Å². The zero-order valence-corrected chi connectivity index (χ0v) is 8.73. The number of rotatable bonds is 3. The normalized spacial score (nSPS) is 27.0. The molecular weight excluding hydrogens is 144 g/mol. The monoisotopic (exact) mass is 167 g/mol. The van der Waals surface area contributed by atoms with Gasteiger partial charge < -0.3 is 0 Å². The molecule has 0 saturated heterocycles. The molecule has 1 atom stereocenters. The van der Waals surface area contributed by atoms with Crippen LogP contribution in [0, 0.1) is 11.8 Å². The van der Waals surface area contributed by atoms with Crippen LogP contribution in [-0.4, -0.2) is 0 Å². The summed E-state index contributed by atoms with van der Waals surface area (Å²) in [5, 5.41) is 0. The zero-order chi connectivity index (χ0) is 8.81. The van der Waals surface area contributed by atoms with Gasteiger partial charge in [0.2, 0.25) is 0 Å². The minimum atomic E-state index is 0.988. The lowest BCUT2D eigenvalue weighted by Crippen LogP contribution is -2.09. The van der Waals surface area contributed by atoms with E-state index in [0.717, 1.165) is 5.92 Å². The molecule has 0 spiro atoms. The molecule has 1 unspecified atom stereocenters. The fourth-order valence-electron chi connectivity index (χ4n) is 2.49. The van der Waals surface area contributed by atoms with Crippen molar-refractivity contribution in [3.05, 3.63) is 5.92 Å². The average molecular weight is 167 g/mol. The van der Waals surface area contributed by atoms with Crippen LogP contribution in [0.2, 0.25) is 0 Å². The summed E-state index contributed by atoms with van der Waals surface area (Å²) < 4.78 is 0. The minimum Gasteiger partial charge on any atom is -0.0654 e. The summed E-state index contributed by atoms with van der Waals surface area (Å²) in [6.45, 7) is 4.65. The van der Waals surface area contributed by atoms with E-state index in [4.69, 9.17) is 0 Å². The topological polar surface area (TPSA) is 0 Å². The van der Waals surface area contributed by atoms with Crippen molar-refractivity contribution < 1.29 is 0 Å². The van der Waals surface area contributed by atoms with Gasteiger partial charge in [-0.05, 0) is 31.1 Å². The third-order valence-corrected chi connectivity index (χ3v) is 3.22. The largest absolute Gasteiger partial charge is 0.0654 e. The summed E-state index contributed by atoms with van der Waals surface area (Å²) in [6, 6.07) is 0. The molecule has 0 aromatic rings.